The molecular formula is C18H13N3O5. The maximum Gasteiger partial charge on any atom is 0.275 e. The summed E-state index contributed by atoms with van der Waals surface area (Å²) in [6.07, 6.45) is 1.08. The molecule has 0 saturated heterocycles. The lowest BCUT2D eigenvalue weighted by molar-refractivity contribution is -0.384. The molecule has 0 aliphatic heterocycles. The molecule has 0 aliphatic carbocycles. The van der Waals surface area contributed by atoms with E-state index in [-0.39, 0.29) is 28.3 Å². The van der Waals surface area contributed by atoms with Crippen LogP contribution in [-0.4, -0.2) is 27.3 Å². The van der Waals surface area contributed by atoms with Crippen molar-refractivity contribution in [3.63, 3.8) is 0 Å². The van der Waals surface area contributed by atoms with Gasteiger partial charge in [-0.05, 0) is 17.5 Å². The summed E-state index contributed by atoms with van der Waals surface area (Å²) >= 11 is 0. The molecule has 0 unspecified atom stereocenters. The van der Waals surface area contributed by atoms with Gasteiger partial charge in [0.15, 0.2) is 0 Å². The number of nitro groups is 1. The summed E-state index contributed by atoms with van der Waals surface area (Å²) in [5, 5.41) is 35.7. The van der Waals surface area contributed by atoms with E-state index < -0.39 is 10.8 Å². The van der Waals surface area contributed by atoms with Crippen molar-refractivity contribution in [2.75, 3.05) is 0 Å². The Morgan fingerprint density at radius 2 is 1.88 bits per heavy atom. The monoisotopic (exact) mass is 351 g/mol. The third kappa shape index (κ3) is 3.29. The molecule has 3 aromatic carbocycles. The Morgan fingerprint density at radius 3 is 2.65 bits per heavy atom. The van der Waals surface area contributed by atoms with E-state index in [1.807, 2.05) is 6.07 Å². The number of carbonyl (C=O) groups excluding carboxylic acids is 1. The van der Waals surface area contributed by atoms with Gasteiger partial charge in [0.25, 0.3) is 11.6 Å². The maximum absolute atomic E-state index is 12.2. The Hall–Kier alpha value is -3.94. The summed E-state index contributed by atoms with van der Waals surface area (Å²) < 4.78 is 0. The van der Waals surface area contributed by atoms with Crippen LogP contribution in [0.2, 0.25) is 0 Å². The van der Waals surface area contributed by atoms with Gasteiger partial charge in [-0.25, -0.2) is 5.43 Å². The summed E-state index contributed by atoms with van der Waals surface area (Å²) in [6.45, 7) is 0. The number of nitrogens with zero attached hydrogens (tertiary/aromatic N) is 2. The second-order valence-electron chi connectivity index (χ2n) is 5.38. The van der Waals surface area contributed by atoms with Gasteiger partial charge in [0.2, 0.25) is 0 Å². The number of nitrogens with one attached hydrogen (secondary N) is 1. The van der Waals surface area contributed by atoms with Crippen LogP contribution < -0.4 is 5.43 Å². The lowest BCUT2D eigenvalue weighted by Gasteiger charge is -2.06. The van der Waals surface area contributed by atoms with E-state index in [2.05, 4.69) is 10.5 Å². The first-order chi connectivity index (χ1) is 12.5. The van der Waals surface area contributed by atoms with Gasteiger partial charge >= 0.3 is 0 Å². The number of phenols is 2. The number of non-ortho nitro benzene ring substituents is 1. The highest BCUT2D eigenvalue weighted by molar-refractivity contribution is 6.03. The van der Waals surface area contributed by atoms with Crippen LogP contribution in [0.5, 0.6) is 11.5 Å². The summed E-state index contributed by atoms with van der Waals surface area (Å²) in [4.78, 5) is 22.4. The molecule has 1 amide bonds. The highest BCUT2D eigenvalue weighted by Gasteiger charge is 2.13. The molecule has 0 aliphatic rings. The molecule has 26 heavy (non-hydrogen) atoms. The fourth-order valence-electron chi connectivity index (χ4n) is 2.42. The Labute approximate surface area is 147 Å². The number of hydrogen-bond acceptors (Lipinski definition) is 6. The van der Waals surface area contributed by atoms with Crippen LogP contribution in [0.3, 0.4) is 0 Å². The molecule has 0 heterocycles. The number of hydrazone groups is 1. The number of aromatic hydroxyl groups is 2. The minimum atomic E-state index is -0.658. The topological polar surface area (TPSA) is 125 Å². The number of fused-ring (bicyclic) bond motifs is 1. The summed E-state index contributed by atoms with van der Waals surface area (Å²) in [5.41, 5.74) is 2.10. The molecule has 3 N–H and O–H groups in total. The van der Waals surface area contributed by atoms with Crippen molar-refractivity contribution in [3.8, 4) is 11.5 Å². The number of carbonyl (C=O) groups is 1. The van der Waals surface area contributed by atoms with Crippen molar-refractivity contribution in [1.29, 1.82) is 0 Å². The first-order valence-corrected chi connectivity index (χ1v) is 7.49. The van der Waals surface area contributed by atoms with Crippen LogP contribution in [0.4, 0.5) is 5.69 Å². The average molecular weight is 351 g/mol. The highest BCUT2D eigenvalue weighted by Crippen LogP contribution is 2.28. The zero-order valence-corrected chi connectivity index (χ0v) is 13.3. The van der Waals surface area contributed by atoms with Crippen molar-refractivity contribution in [2.24, 2.45) is 5.10 Å². The molecule has 0 radical (unpaired) electrons. The number of benzene rings is 3. The fourth-order valence-corrected chi connectivity index (χ4v) is 2.42. The summed E-state index contributed by atoms with van der Waals surface area (Å²) in [7, 11) is 0. The van der Waals surface area contributed by atoms with E-state index >= 15 is 0 Å². The quantitative estimate of drug-likeness (QED) is 0.378. The van der Waals surface area contributed by atoms with Gasteiger partial charge in [-0.1, -0.05) is 30.3 Å². The number of hydrogen-bond donors (Lipinski definition) is 3. The van der Waals surface area contributed by atoms with Gasteiger partial charge in [-0.15, -0.1) is 0 Å². The molecule has 130 valence electrons. The minimum Gasteiger partial charge on any atom is -0.507 e. The molecule has 0 aromatic heterocycles. The van der Waals surface area contributed by atoms with Crippen LogP contribution in [0.15, 0.2) is 59.7 Å². The molecule has 0 fully saturated rings. The largest absolute Gasteiger partial charge is 0.507 e. The second kappa shape index (κ2) is 6.89. The average Bonchev–Trinajstić information content (AvgIpc) is 2.63. The van der Waals surface area contributed by atoms with Crippen LogP contribution in [0, 0.1) is 10.1 Å². The van der Waals surface area contributed by atoms with E-state index in [0.717, 1.165) is 29.8 Å². The third-order valence-corrected chi connectivity index (χ3v) is 3.74. The zero-order chi connectivity index (χ0) is 18.7. The van der Waals surface area contributed by atoms with Crippen LogP contribution in [-0.2, 0) is 0 Å². The lowest BCUT2D eigenvalue weighted by Crippen LogP contribution is -2.17. The molecule has 0 saturated carbocycles. The Morgan fingerprint density at radius 1 is 1.12 bits per heavy atom. The van der Waals surface area contributed by atoms with Gasteiger partial charge in [0.1, 0.15) is 11.5 Å². The molecule has 0 bridgehead atoms. The number of rotatable bonds is 4. The first-order valence-electron chi connectivity index (χ1n) is 7.49. The van der Waals surface area contributed by atoms with Gasteiger partial charge in [-0.3, -0.25) is 14.9 Å². The maximum atomic E-state index is 12.2. The van der Waals surface area contributed by atoms with Crippen molar-refractivity contribution in [2.45, 2.75) is 0 Å². The van der Waals surface area contributed by atoms with E-state index in [1.54, 1.807) is 24.3 Å². The predicted molar refractivity (Wildman–Crippen MR) is 95.4 cm³/mol. The van der Waals surface area contributed by atoms with Gasteiger partial charge in [0.05, 0.1) is 16.7 Å². The van der Waals surface area contributed by atoms with E-state index in [4.69, 9.17) is 0 Å². The van der Waals surface area contributed by atoms with Crippen molar-refractivity contribution in [1.82, 2.24) is 5.43 Å². The van der Waals surface area contributed by atoms with Crippen molar-refractivity contribution >= 4 is 28.6 Å². The van der Waals surface area contributed by atoms with E-state index in [1.165, 1.54) is 6.07 Å². The summed E-state index contributed by atoms with van der Waals surface area (Å²) in [6, 6.07) is 13.6. The molecule has 8 nitrogen and oxygen atoms in total. The van der Waals surface area contributed by atoms with Gasteiger partial charge in [-0.2, -0.15) is 5.10 Å². The highest BCUT2D eigenvalue weighted by atomic mass is 16.6. The SMILES string of the molecule is O=C(N/N=C/c1cc([N+](=O)[O-])ccc1O)c1ccc2ccccc2c1O. The zero-order valence-electron chi connectivity index (χ0n) is 13.3. The number of nitro benzene ring substituents is 1. The first kappa shape index (κ1) is 16.9. The Bertz CT molecular complexity index is 1050. The normalized spacial score (nSPS) is 10.9. The predicted octanol–water partition coefficient (Wildman–Crippen LogP) is 2.92. The fraction of sp³-hybridized carbons (Fsp3) is 0. The molecule has 8 heteroatoms. The van der Waals surface area contributed by atoms with Crippen molar-refractivity contribution in [3.05, 3.63) is 75.8 Å². The van der Waals surface area contributed by atoms with Gasteiger partial charge < -0.3 is 10.2 Å². The van der Waals surface area contributed by atoms with Crippen molar-refractivity contribution < 1.29 is 19.9 Å². The van der Waals surface area contributed by atoms with Crippen LogP contribution in [0.25, 0.3) is 10.8 Å². The number of amides is 1. The molecule has 0 spiro atoms. The standard InChI is InChI=1S/C18H13N3O5/c22-16-8-6-13(21(25)26)9-12(16)10-19-20-18(24)15-7-5-11-3-1-2-4-14(11)17(15)23/h1-10,22-23H,(H,20,24)/b19-10+. The number of phenolic OH excluding ortho intramolecular Hbond substituents is 2. The second-order valence-corrected chi connectivity index (χ2v) is 5.38. The molecule has 3 rings (SSSR count). The molecular weight excluding hydrogens is 338 g/mol. The van der Waals surface area contributed by atoms with Gasteiger partial charge in [0, 0.05) is 23.1 Å². The van der Waals surface area contributed by atoms with Crippen LogP contribution in [0.1, 0.15) is 15.9 Å². The van der Waals surface area contributed by atoms with Crippen LogP contribution >= 0.6 is 0 Å². The lowest BCUT2D eigenvalue weighted by atomic mass is 10.1. The third-order valence-electron chi connectivity index (χ3n) is 3.74. The molecule has 3 aromatic rings. The van der Waals surface area contributed by atoms with E-state index in [9.17, 15) is 25.1 Å². The summed E-state index contributed by atoms with van der Waals surface area (Å²) in [5.74, 6) is -1.05. The minimum absolute atomic E-state index is 0.0316. The van der Waals surface area contributed by atoms with E-state index in [0.29, 0.717) is 5.39 Å². The Kier molecular flexibility index (Phi) is 4.48. The molecule has 0 atom stereocenters. The smallest absolute Gasteiger partial charge is 0.275 e. The Balaban J connectivity index is 1.81.